The molecule has 0 unspecified atom stereocenters. The lowest BCUT2D eigenvalue weighted by Crippen LogP contribution is -2.40. The standard InChI is InChI=1S/C15H20N4O2S/c20-13(11-22-15-17-8-4-9-18-15)19-14(21)16-10-7-12-5-2-1-3-6-12/h4-5,8-9H,1-3,6-7,10-11H2,(H2,16,19,20,21). The van der Waals surface area contributed by atoms with Crippen molar-refractivity contribution < 1.29 is 9.59 Å². The molecule has 0 fully saturated rings. The number of hydrogen-bond acceptors (Lipinski definition) is 5. The highest BCUT2D eigenvalue weighted by molar-refractivity contribution is 7.99. The summed E-state index contributed by atoms with van der Waals surface area (Å²) >= 11 is 1.19. The number of nitrogens with zero attached hydrogens (tertiary/aromatic N) is 2. The Labute approximate surface area is 134 Å². The van der Waals surface area contributed by atoms with Gasteiger partial charge < -0.3 is 5.32 Å². The second-order valence-corrected chi connectivity index (χ2v) is 5.92. The summed E-state index contributed by atoms with van der Waals surface area (Å²) in [5.74, 6) is -0.241. The van der Waals surface area contributed by atoms with Gasteiger partial charge in [-0.05, 0) is 38.2 Å². The van der Waals surface area contributed by atoms with Crippen LogP contribution in [0.15, 0.2) is 35.3 Å². The van der Waals surface area contributed by atoms with Crippen LogP contribution in [0.5, 0.6) is 0 Å². The first-order valence-electron chi connectivity index (χ1n) is 7.39. The van der Waals surface area contributed by atoms with Crippen LogP contribution < -0.4 is 10.6 Å². The van der Waals surface area contributed by atoms with Gasteiger partial charge in [0.25, 0.3) is 0 Å². The third-order valence-corrected chi connectivity index (χ3v) is 4.12. The lowest BCUT2D eigenvalue weighted by atomic mass is 9.97. The van der Waals surface area contributed by atoms with Crippen LogP contribution in [0.25, 0.3) is 0 Å². The fraction of sp³-hybridized carbons (Fsp3) is 0.467. The summed E-state index contributed by atoms with van der Waals surface area (Å²) in [6, 6.07) is 1.26. The van der Waals surface area contributed by atoms with Gasteiger partial charge in [-0.1, -0.05) is 23.4 Å². The fourth-order valence-electron chi connectivity index (χ4n) is 2.17. The molecule has 1 heterocycles. The van der Waals surface area contributed by atoms with Gasteiger partial charge in [-0.2, -0.15) is 0 Å². The largest absolute Gasteiger partial charge is 0.337 e. The minimum atomic E-state index is -0.448. The van der Waals surface area contributed by atoms with E-state index in [1.807, 2.05) is 0 Å². The summed E-state index contributed by atoms with van der Waals surface area (Å²) < 4.78 is 0. The highest BCUT2D eigenvalue weighted by Crippen LogP contribution is 2.19. The Balaban J connectivity index is 1.59. The number of allylic oxidation sites excluding steroid dienone is 1. The molecule has 1 aromatic heterocycles. The normalized spacial score (nSPS) is 14.1. The number of urea groups is 1. The second-order valence-electron chi connectivity index (χ2n) is 4.98. The summed E-state index contributed by atoms with van der Waals surface area (Å²) in [5.41, 5.74) is 1.40. The molecule has 0 spiro atoms. The third-order valence-electron chi connectivity index (χ3n) is 3.24. The maximum Gasteiger partial charge on any atom is 0.321 e. The first kappa shape index (κ1) is 16.5. The van der Waals surface area contributed by atoms with E-state index >= 15 is 0 Å². The van der Waals surface area contributed by atoms with Crippen molar-refractivity contribution in [2.24, 2.45) is 0 Å². The molecule has 0 aromatic carbocycles. The molecule has 2 N–H and O–H groups in total. The summed E-state index contributed by atoms with van der Waals surface area (Å²) in [6.45, 7) is 0.555. The zero-order chi connectivity index (χ0) is 15.6. The van der Waals surface area contributed by atoms with Crippen molar-refractivity contribution in [2.75, 3.05) is 12.3 Å². The van der Waals surface area contributed by atoms with Gasteiger partial charge in [0.2, 0.25) is 5.91 Å². The predicted molar refractivity (Wildman–Crippen MR) is 85.5 cm³/mol. The zero-order valence-corrected chi connectivity index (χ0v) is 13.2. The van der Waals surface area contributed by atoms with Gasteiger partial charge in [0.05, 0.1) is 5.75 Å². The van der Waals surface area contributed by atoms with Crippen LogP contribution in [-0.4, -0.2) is 34.2 Å². The van der Waals surface area contributed by atoms with Crippen molar-refractivity contribution in [1.82, 2.24) is 20.6 Å². The van der Waals surface area contributed by atoms with Crippen LogP contribution in [0.4, 0.5) is 4.79 Å². The number of carbonyl (C=O) groups is 2. The molecule has 2 rings (SSSR count). The summed E-state index contributed by atoms with van der Waals surface area (Å²) in [6.07, 6.45) is 11.1. The van der Waals surface area contributed by atoms with Crippen LogP contribution in [0.2, 0.25) is 0 Å². The number of amides is 3. The lowest BCUT2D eigenvalue weighted by Gasteiger charge is -2.13. The second kappa shape index (κ2) is 9.19. The summed E-state index contributed by atoms with van der Waals surface area (Å²) in [4.78, 5) is 31.2. The van der Waals surface area contributed by atoms with E-state index in [-0.39, 0.29) is 11.7 Å². The molecule has 22 heavy (non-hydrogen) atoms. The van der Waals surface area contributed by atoms with Crippen molar-refractivity contribution in [2.45, 2.75) is 37.3 Å². The SMILES string of the molecule is O=C(CSc1ncccn1)NC(=O)NCCC1=CCCCC1. The molecular weight excluding hydrogens is 300 g/mol. The molecule has 0 radical (unpaired) electrons. The maximum atomic E-state index is 11.6. The highest BCUT2D eigenvalue weighted by atomic mass is 32.2. The molecule has 1 aliphatic carbocycles. The highest BCUT2D eigenvalue weighted by Gasteiger charge is 2.09. The average molecular weight is 320 g/mol. The number of rotatable bonds is 6. The first-order valence-corrected chi connectivity index (χ1v) is 8.38. The van der Waals surface area contributed by atoms with Crippen LogP contribution in [0.1, 0.15) is 32.1 Å². The van der Waals surface area contributed by atoms with E-state index in [0.717, 1.165) is 19.3 Å². The summed E-state index contributed by atoms with van der Waals surface area (Å²) in [7, 11) is 0. The number of carbonyl (C=O) groups excluding carboxylic acids is 2. The van der Waals surface area contributed by atoms with Crippen LogP contribution >= 0.6 is 11.8 Å². The number of aromatic nitrogens is 2. The van der Waals surface area contributed by atoms with Gasteiger partial charge in [-0.3, -0.25) is 10.1 Å². The van der Waals surface area contributed by atoms with Gasteiger partial charge >= 0.3 is 6.03 Å². The Kier molecular flexibility index (Phi) is 6.89. The van der Waals surface area contributed by atoms with E-state index in [1.165, 1.54) is 30.2 Å². The summed E-state index contributed by atoms with van der Waals surface area (Å²) in [5, 5.41) is 5.53. The number of imide groups is 1. The van der Waals surface area contributed by atoms with Gasteiger partial charge in [-0.25, -0.2) is 14.8 Å². The Morgan fingerprint density at radius 1 is 1.23 bits per heavy atom. The minimum absolute atomic E-state index is 0.114. The molecule has 7 heteroatoms. The van der Waals surface area contributed by atoms with Gasteiger partial charge in [0, 0.05) is 18.9 Å². The molecule has 6 nitrogen and oxygen atoms in total. The van der Waals surface area contributed by atoms with Crippen LogP contribution in [0.3, 0.4) is 0 Å². The van der Waals surface area contributed by atoms with Crippen molar-refractivity contribution in [3.05, 3.63) is 30.1 Å². The average Bonchev–Trinajstić information content (AvgIpc) is 2.55. The molecule has 0 saturated carbocycles. The Morgan fingerprint density at radius 3 is 2.77 bits per heavy atom. The van der Waals surface area contributed by atoms with E-state index in [1.54, 1.807) is 18.5 Å². The van der Waals surface area contributed by atoms with E-state index in [2.05, 4.69) is 26.7 Å². The minimum Gasteiger partial charge on any atom is -0.337 e. The van der Waals surface area contributed by atoms with Crippen molar-refractivity contribution in [3.8, 4) is 0 Å². The Morgan fingerprint density at radius 2 is 2.05 bits per heavy atom. The molecule has 0 saturated heterocycles. The molecular formula is C15H20N4O2S. The van der Waals surface area contributed by atoms with E-state index in [4.69, 9.17) is 0 Å². The predicted octanol–water partition coefficient (Wildman–Crippen LogP) is 2.29. The van der Waals surface area contributed by atoms with Crippen molar-refractivity contribution in [3.63, 3.8) is 0 Å². The first-order chi connectivity index (χ1) is 10.7. The quantitative estimate of drug-likeness (QED) is 0.477. The van der Waals surface area contributed by atoms with Crippen molar-refractivity contribution >= 4 is 23.7 Å². The maximum absolute atomic E-state index is 11.6. The van der Waals surface area contributed by atoms with Crippen molar-refractivity contribution in [1.29, 1.82) is 0 Å². The Bertz CT molecular complexity index is 534. The fourth-order valence-corrected chi connectivity index (χ4v) is 2.77. The monoisotopic (exact) mass is 320 g/mol. The van der Waals surface area contributed by atoms with E-state index in [0.29, 0.717) is 11.7 Å². The van der Waals surface area contributed by atoms with E-state index in [9.17, 15) is 9.59 Å². The zero-order valence-electron chi connectivity index (χ0n) is 12.4. The van der Waals surface area contributed by atoms with Crippen LogP contribution in [0, 0.1) is 0 Å². The molecule has 1 aliphatic rings. The number of nitrogens with one attached hydrogen (secondary N) is 2. The molecule has 0 bridgehead atoms. The van der Waals surface area contributed by atoms with E-state index < -0.39 is 6.03 Å². The molecule has 118 valence electrons. The lowest BCUT2D eigenvalue weighted by molar-refractivity contribution is -0.117. The Hall–Kier alpha value is -1.89. The molecule has 0 atom stereocenters. The molecule has 1 aromatic rings. The van der Waals surface area contributed by atoms with Crippen LogP contribution in [-0.2, 0) is 4.79 Å². The molecule has 3 amide bonds. The number of thioether (sulfide) groups is 1. The van der Waals surface area contributed by atoms with Gasteiger partial charge in [0.1, 0.15) is 0 Å². The topological polar surface area (TPSA) is 84.0 Å². The molecule has 0 aliphatic heterocycles. The van der Waals surface area contributed by atoms with Gasteiger partial charge in [0.15, 0.2) is 5.16 Å². The number of hydrogen-bond donors (Lipinski definition) is 2. The van der Waals surface area contributed by atoms with Gasteiger partial charge in [-0.15, -0.1) is 0 Å². The smallest absolute Gasteiger partial charge is 0.321 e. The third kappa shape index (κ3) is 6.26.